The number of ether oxygens (including phenoxy) is 1. The number of aromatic nitrogens is 3. The number of hydrogen-bond donors (Lipinski definition) is 2. The number of rotatable bonds is 4. The van der Waals surface area contributed by atoms with Crippen LogP contribution in [-0.2, 0) is 17.6 Å². The lowest BCUT2D eigenvalue weighted by Crippen LogP contribution is -2.17. The number of carboxylic acid groups (broad SMARTS) is 1. The molecule has 0 aliphatic carbocycles. The summed E-state index contributed by atoms with van der Waals surface area (Å²) < 4.78 is 38.9. The minimum atomic E-state index is -0.828. The minimum Gasteiger partial charge on any atom is -0.481 e. The van der Waals surface area contributed by atoms with Gasteiger partial charge in [-0.2, -0.15) is 16.9 Å². The average Bonchev–Trinajstić information content (AvgIpc) is 3.68. The first kappa shape index (κ1) is 30.9. The Morgan fingerprint density at radius 3 is 2.84 bits per heavy atom. The summed E-state index contributed by atoms with van der Waals surface area (Å²) in [6, 6.07) is 17.5. The summed E-state index contributed by atoms with van der Waals surface area (Å²) in [6.07, 6.45) is 7.57. The third-order valence-electron chi connectivity index (χ3n) is 8.51. The first-order chi connectivity index (χ1) is 21.7. The predicted octanol–water partition coefficient (Wildman–Crippen LogP) is 9.19. The van der Waals surface area contributed by atoms with Crippen LogP contribution in [0.3, 0.4) is 0 Å². The van der Waals surface area contributed by atoms with Crippen LogP contribution in [0.1, 0.15) is 62.3 Å². The first-order valence-corrected chi connectivity index (χ1v) is 16.5. The number of carbonyl (C=O) groups is 1. The molecule has 1 aliphatic rings. The lowest BCUT2D eigenvalue weighted by molar-refractivity contribution is -0.136. The van der Waals surface area contributed by atoms with Crippen LogP contribution in [-0.4, -0.2) is 37.3 Å². The van der Waals surface area contributed by atoms with Crippen LogP contribution in [0.25, 0.3) is 22.2 Å². The summed E-state index contributed by atoms with van der Waals surface area (Å²) in [7, 11) is 0. The summed E-state index contributed by atoms with van der Waals surface area (Å²) in [6.45, 7) is 4.56. The van der Waals surface area contributed by atoms with Crippen molar-refractivity contribution in [2.75, 3.05) is 11.5 Å². The Morgan fingerprint density at radius 2 is 2.00 bits per heavy atom. The summed E-state index contributed by atoms with van der Waals surface area (Å²) in [5.41, 5.74) is 4.29. The van der Waals surface area contributed by atoms with Gasteiger partial charge in [-0.1, -0.05) is 44.5 Å². The molecule has 1 atom stereocenters. The van der Waals surface area contributed by atoms with Gasteiger partial charge in [-0.3, -0.25) is 9.48 Å². The Balaban J connectivity index is 1.40. The summed E-state index contributed by atoms with van der Waals surface area (Å²) >= 11 is 1.86. The molecule has 9 heteroatoms. The maximum absolute atomic E-state index is 15.5. The Kier molecular flexibility index (Phi) is 8.99. The molecule has 1 aliphatic heterocycles. The van der Waals surface area contributed by atoms with Gasteiger partial charge in [0, 0.05) is 46.9 Å². The van der Waals surface area contributed by atoms with Gasteiger partial charge in [0.1, 0.15) is 11.6 Å². The van der Waals surface area contributed by atoms with Gasteiger partial charge >= 0.3 is 5.97 Å². The Bertz CT molecular complexity index is 1830. The number of hydrogen-bond acceptors (Lipinski definition) is 4. The topological polar surface area (TPSA) is 80.1 Å². The van der Waals surface area contributed by atoms with Crippen LogP contribution in [0.4, 0.5) is 8.78 Å². The molecule has 0 saturated carbocycles. The average molecular weight is 630 g/mol. The molecule has 0 radical (unpaired) electrons. The molecule has 1 unspecified atom stereocenters. The Hall–Kier alpha value is -4.11. The maximum Gasteiger partial charge on any atom is 0.303 e. The van der Waals surface area contributed by atoms with E-state index < -0.39 is 17.6 Å². The molecule has 4 bridgehead atoms. The Labute approximate surface area is 265 Å². The van der Waals surface area contributed by atoms with E-state index in [2.05, 4.69) is 24.9 Å². The SMILES string of the molecule is CC1(C)CCCC(c2cccc(CCC(=O)O)c2)n2ccc(n2)-c2cc(ccc2F)Oc2c(F)cc3[nH]ccc3c2CCSC1. The molecule has 45 heavy (non-hydrogen) atoms. The fourth-order valence-corrected chi connectivity index (χ4v) is 7.34. The van der Waals surface area contributed by atoms with Crippen molar-refractivity contribution in [1.82, 2.24) is 14.8 Å². The van der Waals surface area contributed by atoms with E-state index in [0.717, 1.165) is 58.4 Å². The van der Waals surface area contributed by atoms with Gasteiger partial charge in [0.2, 0.25) is 0 Å². The first-order valence-electron chi connectivity index (χ1n) is 15.4. The zero-order chi connectivity index (χ0) is 31.6. The molecule has 0 fully saturated rings. The summed E-state index contributed by atoms with van der Waals surface area (Å²) in [5, 5.41) is 15.0. The third kappa shape index (κ3) is 7.09. The molecule has 2 aromatic heterocycles. The molecule has 2 N–H and O–H groups in total. The smallest absolute Gasteiger partial charge is 0.303 e. The summed E-state index contributed by atoms with van der Waals surface area (Å²) in [4.78, 5) is 14.3. The Morgan fingerprint density at radius 1 is 1.13 bits per heavy atom. The highest BCUT2D eigenvalue weighted by Gasteiger charge is 2.23. The second kappa shape index (κ2) is 13.1. The minimum absolute atomic E-state index is 0.0635. The van der Waals surface area contributed by atoms with E-state index in [0.29, 0.717) is 24.3 Å². The summed E-state index contributed by atoms with van der Waals surface area (Å²) in [5.74, 6) is 0.501. The molecule has 6 rings (SSSR count). The number of halogens is 2. The molecule has 0 amide bonds. The van der Waals surface area contributed by atoms with Crippen molar-refractivity contribution in [3.63, 3.8) is 0 Å². The zero-order valence-corrected chi connectivity index (χ0v) is 26.3. The van der Waals surface area contributed by atoms with Crippen molar-refractivity contribution in [1.29, 1.82) is 0 Å². The van der Waals surface area contributed by atoms with Crippen molar-refractivity contribution in [2.24, 2.45) is 5.41 Å². The molecule has 0 saturated heterocycles. The van der Waals surface area contributed by atoms with Crippen LogP contribution in [0.2, 0.25) is 0 Å². The molecule has 3 aromatic carbocycles. The van der Waals surface area contributed by atoms with Gasteiger partial charge in [0.15, 0.2) is 11.6 Å². The maximum atomic E-state index is 15.5. The van der Waals surface area contributed by atoms with Gasteiger partial charge in [-0.25, -0.2) is 8.78 Å². The van der Waals surface area contributed by atoms with Gasteiger partial charge in [0.05, 0.1) is 11.7 Å². The van der Waals surface area contributed by atoms with Crippen molar-refractivity contribution in [3.05, 3.63) is 101 Å². The lowest BCUT2D eigenvalue weighted by atomic mass is 9.87. The van der Waals surface area contributed by atoms with E-state index >= 15 is 8.78 Å². The predicted molar refractivity (Wildman–Crippen MR) is 175 cm³/mol. The lowest BCUT2D eigenvalue weighted by Gasteiger charge is -2.26. The second-order valence-electron chi connectivity index (χ2n) is 12.5. The largest absolute Gasteiger partial charge is 0.481 e. The molecular weight excluding hydrogens is 592 g/mol. The zero-order valence-electron chi connectivity index (χ0n) is 25.5. The number of aryl methyl sites for hydroxylation is 2. The normalized spacial score (nSPS) is 17.2. The molecular formula is C36H37F2N3O3S. The highest BCUT2D eigenvalue weighted by molar-refractivity contribution is 7.99. The van der Waals surface area contributed by atoms with E-state index in [9.17, 15) is 9.90 Å². The second-order valence-corrected chi connectivity index (χ2v) is 13.6. The number of H-pyrrole nitrogens is 1. The number of aliphatic carboxylic acids is 1. The highest BCUT2D eigenvalue weighted by Crippen LogP contribution is 2.38. The number of nitrogens with one attached hydrogen (secondary N) is 1. The van der Waals surface area contributed by atoms with Gasteiger partial charge in [-0.05, 0) is 84.1 Å². The number of fused-ring (bicyclic) bond motifs is 8. The van der Waals surface area contributed by atoms with E-state index in [1.165, 1.54) is 18.2 Å². The molecule has 0 spiro atoms. The van der Waals surface area contributed by atoms with Crippen LogP contribution in [0, 0.1) is 17.0 Å². The van der Waals surface area contributed by atoms with Crippen LogP contribution in [0.5, 0.6) is 11.5 Å². The molecule has 234 valence electrons. The number of thioether (sulfide) groups is 1. The van der Waals surface area contributed by atoms with E-state index in [-0.39, 0.29) is 29.2 Å². The fourth-order valence-electron chi connectivity index (χ4n) is 6.15. The van der Waals surface area contributed by atoms with Gasteiger partial charge in [-0.15, -0.1) is 0 Å². The van der Waals surface area contributed by atoms with Crippen molar-refractivity contribution in [3.8, 4) is 22.8 Å². The quantitative estimate of drug-likeness (QED) is 0.207. The molecule has 6 nitrogen and oxygen atoms in total. The fraction of sp³-hybridized carbons (Fsp3) is 0.333. The van der Waals surface area contributed by atoms with Gasteiger partial charge in [0.25, 0.3) is 0 Å². The van der Waals surface area contributed by atoms with E-state index in [4.69, 9.17) is 9.84 Å². The van der Waals surface area contributed by atoms with Crippen molar-refractivity contribution in [2.45, 2.75) is 58.4 Å². The monoisotopic (exact) mass is 629 g/mol. The van der Waals surface area contributed by atoms with Crippen LogP contribution >= 0.6 is 11.8 Å². The number of benzene rings is 3. The van der Waals surface area contributed by atoms with E-state index in [1.807, 2.05) is 46.9 Å². The van der Waals surface area contributed by atoms with Gasteiger partial charge < -0.3 is 14.8 Å². The standard InChI is InChI=1S/C36H37F2N3O3S/c1-36(2)15-4-7-33(24-6-3-5-23(19-24)8-11-34(42)43)41-17-13-31(40-41)28-20-25(9-10-29(28)37)44-35-27(14-18-45-22-36)26-12-16-39-32(26)21-30(35)38/h3,5-6,9-10,12-13,16-17,19-21,33,39H,4,7-8,11,14-15,18,22H2,1-2H3,(H,42,43). The third-order valence-corrected chi connectivity index (χ3v) is 9.99. The highest BCUT2D eigenvalue weighted by atomic mass is 32.2. The number of nitrogens with zero attached hydrogens (tertiary/aromatic N) is 2. The van der Waals surface area contributed by atoms with Crippen molar-refractivity contribution >= 4 is 28.6 Å². The molecule has 3 heterocycles. The van der Waals surface area contributed by atoms with Crippen molar-refractivity contribution < 1.29 is 23.4 Å². The molecule has 5 aromatic rings. The van der Waals surface area contributed by atoms with Crippen LogP contribution < -0.4 is 4.74 Å². The van der Waals surface area contributed by atoms with E-state index in [1.54, 1.807) is 18.3 Å². The van der Waals surface area contributed by atoms with Crippen LogP contribution in [0.15, 0.2) is 73.1 Å². The number of carboxylic acids is 1. The number of aromatic amines is 1.